The van der Waals surface area contributed by atoms with Gasteiger partial charge in [-0.15, -0.1) is 0 Å². The Morgan fingerprint density at radius 2 is 1.72 bits per heavy atom. The summed E-state index contributed by atoms with van der Waals surface area (Å²) in [4.78, 5) is 23.5. The molecular formula is C19H18F2N2O5S. The molecule has 0 aliphatic heterocycles. The summed E-state index contributed by atoms with van der Waals surface area (Å²) in [5.74, 6) is -3.56. The highest BCUT2D eigenvalue weighted by molar-refractivity contribution is 7.92. The van der Waals surface area contributed by atoms with Gasteiger partial charge in [-0.1, -0.05) is 0 Å². The minimum atomic E-state index is -4.15. The van der Waals surface area contributed by atoms with Gasteiger partial charge in [-0.3, -0.25) is 9.52 Å². The summed E-state index contributed by atoms with van der Waals surface area (Å²) in [6.07, 6.45) is 0.859. The Morgan fingerprint density at radius 3 is 2.31 bits per heavy atom. The molecule has 2 aromatic carbocycles. The molecule has 0 radical (unpaired) electrons. The van der Waals surface area contributed by atoms with Crippen LogP contribution in [0.2, 0.25) is 0 Å². The Kier molecular flexibility index (Phi) is 5.83. The highest BCUT2D eigenvalue weighted by Crippen LogP contribution is 2.20. The van der Waals surface area contributed by atoms with Crippen LogP contribution in [-0.2, 0) is 19.6 Å². The molecular weight excluding hydrogens is 406 g/mol. The van der Waals surface area contributed by atoms with Gasteiger partial charge in [0, 0.05) is 11.7 Å². The molecule has 1 saturated carbocycles. The Bertz CT molecular complexity index is 1040. The number of nitrogens with one attached hydrogen (secondary N) is 2. The Hall–Kier alpha value is -3.01. The lowest BCUT2D eigenvalue weighted by Crippen LogP contribution is -2.37. The van der Waals surface area contributed by atoms with Crippen molar-refractivity contribution in [3.05, 3.63) is 59.7 Å². The summed E-state index contributed by atoms with van der Waals surface area (Å²) in [7, 11) is -4.15. The van der Waals surface area contributed by atoms with Crippen LogP contribution in [0.25, 0.3) is 0 Å². The molecule has 7 nitrogen and oxygen atoms in total. The highest BCUT2D eigenvalue weighted by atomic mass is 32.2. The lowest BCUT2D eigenvalue weighted by atomic mass is 10.2. The lowest BCUT2D eigenvalue weighted by molar-refractivity contribution is -0.129. The van der Waals surface area contributed by atoms with Crippen molar-refractivity contribution >= 4 is 27.6 Å². The van der Waals surface area contributed by atoms with Crippen LogP contribution in [0, 0.1) is 11.6 Å². The van der Waals surface area contributed by atoms with Crippen LogP contribution in [0.1, 0.15) is 30.1 Å². The lowest BCUT2D eigenvalue weighted by Gasteiger charge is -2.13. The number of anilines is 1. The molecule has 2 N–H and O–H groups in total. The summed E-state index contributed by atoms with van der Waals surface area (Å²) in [6, 6.07) is 7.60. The molecule has 3 rings (SSSR count). The molecule has 1 aliphatic rings. The van der Waals surface area contributed by atoms with E-state index in [1.807, 2.05) is 0 Å². The van der Waals surface area contributed by atoms with Crippen LogP contribution in [0.4, 0.5) is 14.5 Å². The van der Waals surface area contributed by atoms with Crippen molar-refractivity contribution in [2.45, 2.75) is 36.8 Å². The molecule has 0 heterocycles. The number of carbonyl (C=O) groups is 2. The summed E-state index contributed by atoms with van der Waals surface area (Å²) < 4.78 is 58.1. The van der Waals surface area contributed by atoms with Crippen molar-refractivity contribution in [3.63, 3.8) is 0 Å². The van der Waals surface area contributed by atoms with Crippen molar-refractivity contribution in [2.75, 3.05) is 4.72 Å². The highest BCUT2D eigenvalue weighted by Gasteiger charge is 2.27. The van der Waals surface area contributed by atoms with Crippen molar-refractivity contribution in [2.24, 2.45) is 0 Å². The van der Waals surface area contributed by atoms with Gasteiger partial charge in [0.1, 0.15) is 0 Å². The molecule has 10 heteroatoms. The van der Waals surface area contributed by atoms with Gasteiger partial charge in [0.15, 0.2) is 17.7 Å². The largest absolute Gasteiger partial charge is 0.449 e. The van der Waals surface area contributed by atoms with E-state index in [0.717, 1.165) is 18.9 Å². The van der Waals surface area contributed by atoms with Gasteiger partial charge in [-0.2, -0.15) is 0 Å². The van der Waals surface area contributed by atoms with Gasteiger partial charge >= 0.3 is 5.97 Å². The number of esters is 1. The number of hydrogen-bond donors (Lipinski definition) is 2. The van der Waals surface area contributed by atoms with Crippen molar-refractivity contribution in [1.82, 2.24) is 5.32 Å². The second kappa shape index (κ2) is 8.16. The van der Waals surface area contributed by atoms with E-state index in [2.05, 4.69) is 10.0 Å². The summed E-state index contributed by atoms with van der Waals surface area (Å²) in [6.45, 7) is 1.46. The fourth-order valence-corrected chi connectivity index (χ4v) is 3.43. The predicted molar refractivity (Wildman–Crippen MR) is 99.7 cm³/mol. The second-order valence-electron chi connectivity index (χ2n) is 6.59. The number of halogens is 2. The number of hydrogen-bond acceptors (Lipinski definition) is 5. The molecule has 1 amide bonds. The van der Waals surface area contributed by atoms with E-state index in [1.54, 1.807) is 0 Å². The van der Waals surface area contributed by atoms with Gasteiger partial charge in [0.2, 0.25) is 0 Å². The van der Waals surface area contributed by atoms with Crippen LogP contribution < -0.4 is 10.0 Å². The average molecular weight is 424 g/mol. The smallest absolute Gasteiger partial charge is 0.338 e. The van der Waals surface area contributed by atoms with E-state index in [0.29, 0.717) is 12.1 Å². The van der Waals surface area contributed by atoms with Gasteiger partial charge < -0.3 is 10.1 Å². The second-order valence-corrected chi connectivity index (χ2v) is 8.27. The maximum Gasteiger partial charge on any atom is 0.338 e. The summed E-state index contributed by atoms with van der Waals surface area (Å²) in [5, 5.41) is 2.73. The zero-order valence-corrected chi connectivity index (χ0v) is 16.1. The first-order chi connectivity index (χ1) is 13.7. The number of sulfonamides is 1. The Morgan fingerprint density at radius 1 is 1.07 bits per heavy atom. The zero-order chi connectivity index (χ0) is 21.2. The molecule has 154 valence electrons. The molecule has 1 aliphatic carbocycles. The quantitative estimate of drug-likeness (QED) is 0.666. The summed E-state index contributed by atoms with van der Waals surface area (Å²) in [5.41, 5.74) is 0.220. The standard InChI is InChI=1S/C19H18F2N2O5S/c1-11(18(24)22-13-6-7-13)28-19(25)12-2-4-14(5-3-12)23-29(26,27)15-8-9-16(20)17(21)10-15/h2-5,8-11,13,23H,6-7H2,1H3,(H,22,24). The van der Waals surface area contributed by atoms with E-state index in [9.17, 15) is 26.8 Å². The van der Waals surface area contributed by atoms with Crippen LogP contribution in [0.15, 0.2) is 47.4 Å². The van der Waals surface area contributed by atoms with E-state index in [1.165, 1.54) is 31.2 Å². The molecule has 1 unspecified atom stereocenters. The van der Waals surface area contributed by atoms with Crippen LogP contribution >= 0.6 is 0 Å². The minimum absolute atomic E-state index is 0.103. The SMILES string of the molecule is CC(OC(=O)c1ccc(NS(=O)(=O)c2ccc(F)c(F)c2)cc1)C(=O)NC1CC1. The van der Waals surface area contributed by atoms with Crippen molar-refractivity contribution in [1.29, 1.82) is 0 Å². The van der Waals surface area contributed by atoms with E-state index in [-0.39, 0.29) is 23.2 Å². The molecule has 2 aromatic rings. The van der Waals surface area contributed by atoms with E-state index in [4.69, 9.17) is 4.74 Å². The van der Waals surface area contributed by atoms with Crippen LogP contribution in [-0.4, -0.2) is 32.4 Å². The first-order valence-corrected chi connectivity index (χ1v) is 10.2. The number of carbonyl (C=O) groups excluding carboxylic acids is 2. The molecule has 29 heavy (non-hydrogen) atoms. The Labute approximate surface area is 166 Å². The number of amides is 1. The normalized spacial score (nSPS) is 14.7. The van der Waals surface area contributed by atoms with Gasteiger partial charge in [0.05, 0.1) is 10.5 Å². The zero-order valence-electron chi connectivity index (χ0n) is 15.3. The van der Waals surface area contributed by atoms with Crippen molar-refractivity contribution < 1.29 is 31.5 Å². The molecule has 1 fully saturated rings. The Balaban J connectivity index is 1.63. The number of ether oxygens (including phenoxy) is 1. The number of benzene rings is 2. The van der Waals surface area contributed by atoms with E-state index >= 15 is 0 Å². The fourth-order valence-electron chi connectivity index (χ4n) is 2.36. The topological polar surface area (TPSA) is 102 Å². The molecule has 0 aromatic heterocycles. The third-order valence-corrected chi connectivity index (χ3v) is 5.53. The minimum Gasteiger partial charge on any atom is -0.449 e. The first kappa shape index (κ1) is 20.7. The summed E-state index contributed by atoms with van der Waals surface area (Å²) >= 11 is 0. The van der Waals surface area contributed by atoms with E-state index < -0.39 is 38.6 Å². The number of rotatable bonds is 7. The van der Waals surface area contributed by atoms with Gasteiger partial charge in [0.25, 0.3) is 15.9 Å². The average Bonchev–Trinajstić information content (AvgIpc) is 3.48. The molecule has 0 bridgehead atoms. The molecule has 0 saturated heterocycles. The maximum absolute atomic E-state index is 13.3. The third kappa shape index (κ3) is 5.29. The van der Waals surface area contributed by atoms with Crippen LogP contribution in [0.5, 0.6) is 0 Å². The third-order valence-electron chi connectivity index (χ3n) is 4.15. The monoisotopic (exact) mass is 424 g/mol. The van der Waals surface area contributed by atoms with Crippen molar-refractivity contribution in [3.8, 4) is 0 Å². The van der Waals surface area contributed by atoms with Crippen LogP contribution in [0.3, 0.4) is 0 Å². The fraction of sp³-hybridized carbons (Fsp3) is 0.263. The van der Waals surface area contributed by atoms with Gasteiger partial charge in [-0.25, -0.2) is 22.0 Å². The molecule has 1 atom stereocenters. The predicted octanol–water partition coefficient (Wildman–Crippen LogP) is 2.59. The molecule has 0 spiro atoms. The maximum atomic E-state index is 13.3. The van der Waals surface area contributed by atoms with Gasteiger partial charge in [-0.05, 0) is 62.2 Å². The first-order valence-electron chi connectivity index (χ1n) is 8.75.